The average Bonchev–Trinajstić information content (AvgIpc) is 3.22. The molecule has 0 N–H and O–H groups in total. The maximum Gasteiger partial charge on any atom is 0.216 e. The average molecular weight is 431 g/mol. The summed E-state index contributed by atoms with van der Waals surface area (Å²) in [6, 6.07) is 24.9. The van der Waals surface area contributed by atoms with Crippen LogP contribution in [0.4, 0.5) is 0 Å². The maximum absolute atomic E-state index is 10.0. The van der Waals surface area contributed by atoms with Crippen molar-refractivity contribution < 1.29 is 10.4 Å². The van der Waals surface area contributed by atoms with E-state index in [2.05, 4.69) is 54.0 Å². The van der Waals surface area contributed by atoms with E-state index in [1.165, 1.54) is 11.1 Å². The predicted molar refractivity (Wildman–Crippen MR) is 131 cm³/mol. The number of pyridine rings is 1. The molecule has 0 fully saturated rings. The SMILES string of the molecule is [2H]C1(c2c(C#N)ccc3c2oc2c(-c4cccc[n+]4C)c(C)ccc23)CCc2ccccc2C1. The molecule has 2 aromatic heterocycles. The van der Waals surface area contributed by atoms with Crippen LogP contribution in [0.5, 0.6) is 0 Å². The molecule has 0 amide bonds. The fourth-order valence-corrected chi connectivity index (χ4v) is 5.34. The summed E-state index contributed by atoms with van der Waals surface area (Å²) in [6.45, 7) is 2.10. The van der Waals surface area contributed by atoms with Gasteiger partial charge in [-0.2, -0.15) is 5.26 Å². The van der Waals surface area contributed by atoms with E-state index >= 15 is 0 Å². The standard InChI is InChI=1S/C30H25N2O/c1-19-10-14-24-25-15-13-23(18-31)28(22-12-11-20-7-3-4-8-21(20)17-22)30(25)33-29(24)27(19)26-9-5-6-16-32(26)2/h3-10,13-16,22H,11-12,17H2,1-2H3/q+1/i22D. The van der Waals surface area contributed by atoms with Crippen molar-refractivity contribution in [3.63, 3.8) is 0 Å². The van der Waals surface area contributed by atoms with Gasteiger partial charge in [0.2, 0.25) is 5.69 Å². The third-order valence-corrected chi connectivity index (χ3v) is 7.02. The minimum Gasteiger partial charge on any atom is -0.455 e. The topological polar surface area (TPSA) is 40.8 Å². The molecule has 160 valence electrons. The van der Waals surface area contributed by atoms with Gasteiger partial charge in [0.05, 0.1) is 17.2 Å². The molecule has 3 nitrogen and oxygen atoms in total. The molecular weight excluding hydrogens is 404 g/mol. The molecule has 1 unspecified atom stereocenters. The Kier molecular flexibility index (Phi) is 4.30. The van der Waals surface area contributed by atoms with Crippen molar-refractivity contribution in [3.05, 3.63) is 101 Å². The van der Waals surface area contributed by atoms with Crippen molar-refractivity contribution in [1.29, 1.82) is 5.26 Å². The third-order valence-electron chi connectivity index (χ3n) is 7.02. The second-order valence-corrected chi connectivity index (χ2v) is 8.96. The number of hydrogen-bond acceptors (Lipinski definition) is 2. The van der Waals surface area contributed by atoms with Crippen LogP contribution in [0.15, 0.2) is 77.3 Å². The lowest BCUT2D eigenvalue weighted by atomic mass is 9.78. The van der Waals surface area contributed by atoms with Crippen LogP contribution in [-0.2, 0) is 19.9 Å². The van der Waals surface area contributed by atoms with E-state index in [1.807, 2.05) is 43.6 Å². The Morgan fingerprint density at radius 2 is 1.73 bits per heavy atom. The first-order chi connectivity index (χ1) is 16.5. The lowest BCUT2D eigenvalue weighted by molar-refractivity contribution is -0.660. The fourth-order valence-electron chi connectivity index (χ4n) is 5.34. The summed E-state index contributed by atoms with van der Waals surface area (Å²) in [4.78, 5) is 0. The van der Waals surface area contributed by atoms with E-state index in [4.69, 9.17) is 4.42 Å². The Morgan fingerprint density at radius 3 is 2.55 bits per heavy atom. The lowest BCUT2D eigenvalue weighted by Gasteiger charge is -2.25. The zero-order valence-corrected chi connectivity index (χ0v) is 18.9. The van der Waals surface area contributed by atoms with Gasteiger partial charge in [0.25, 0.3) is 0 Å². The van der Waals surface area contributed by atoms with Crippen molar-refractivity contribution in [3.8, 4) is 17.3 Å². The molecular formula is C30H25N2O+. The minimum atomic E-state index is -0.917. The minimum absolute atomic E-state index is 0.532. The molecule has 2 heterocycles. The molecule has 0 bridgehead atoms. The molecule has 33 heavy (non-hydrogen) atoms. The summed E-state index contributed by atoms with van der Waals surface area (Å²) in [6.07, 6.45) is 4.10. The Hall–Kier alpha value is -3.90. The molecule has 1 atom stereocenters. The van der Waals surface area contributed by atoms with Crippen LogP contribution in [0.2, 0.25) is 0 Å². The van der Waals surface area contributed by atoms with Gasteiger partial charge in [-0.25, -0.2) is 4.57 Å². The van der Waals surface area contributed by atoms with E-state index in [0.29, 0.717) is 24.0 Å². The molecule has 0 saturated heterocycles. The Labute approximate surface area is 194 Å². The maximum atomic E-state index is 10.0. The Morgan fingerprint density at radius 1 is 0.970 bits per heavy atom. The van der Waals surface area contributed by atoms with Gasteiger partial charge in [-0.15, -0.1) is 0 Å². The van der Waals surface area contributed by atoms with Crippen LogP contribution in [0.3, 0.4) is 0 Å². The Balaban J connectivity index is 1.66. The highest BCUT2D eigenvalue weighted by atomic mass is 16.3. The lowest BCUT2D eigenvalue weighted by Crippen LogP contribution is -2.30. The molecule has 0 aliphatic heterocycles. The number of nitriles is 1. The van der Waals surface area contributed by atoms with E-state index < -0.39 is 5.89 Å². The number of benzene rings is 3. The summed E-state index contributed by atoms with van der Waals surface area (Å²) >= 11 is 0. The van der Waals surface area contributed by atoms with Crippen molar-refractivity contribution in [1.82, 2.24) is 0 Å². The zero-order valence-electron chi connectivity index (χ0n) is 19.9. The first kappa shape index (κ1) is 18.7. The van der Waals surface area contributed by atoms with Crippen LogP contribution < -0.4 is 4.57 Å². The normalized spacial score (nSPS) is 18.2. The van der Waals surface area contributed by atoms with Gasteiger partial charge in [-0.3, -0.25) is 0 Å². The fraction of sp³-hybridized carbons (Fsp3) is 0.200. The first-order valence-electron chi connectivity index (χ1n) is 11.9. The van der Waals surface area contributed by atoms with Crippen LogP contribution in [0.25, 0.3) is 33.2 Å². The van der Waals surface area contributed by atoms with Crippen LogP contribution >= 0.6 is 0 Å². The summed E-state index contributed by atoms with van der Waals surface area (Å²) < 4.78 is 18.3. The summed E-state index contributed by atoms with van der Waals surface area (Å²) in [7, 11) is 2.04. The van der Waals surface area contributed by atoms with Crippen molar-refractivity contribution in [2.45, 2.75) is 32.1 Å². The highest BCUT2D eigenvalue weighted by Crippen LogP contribution is 2.43. The molecule has 0 spiro atoms. The van der Waals surface area contributed by atoms with Crippen LogP contribution in [0.1, 0.15) is 41.5 Å². The summed E-state index contributed by atoms with van der Waals surface area (Å²) in [5, 5.41) is 12.0. The zero-order chi connectivity index (χ0) is 23.4. The quantitative estimate of drug-likeness (QED) is 0.299. The predicted octanol–water partition coefficient (Wildman–Crippen LogP) is 6.53. The smallest absolute Gasteiger partial charge is 0.216 e. The van der Waals surface area contributed by atoms with Gasteiger partial charge in [0.15, 0.2) is 6.20 Å². The van der Waals surface area contributed by atoms with E-state index in [-0.39, 0.29) is 0 Å². The number of aryl methyl sites for hydroxylation is 3. The number of rotatable bonds is 2. The van der Waals surface area contributed by atoms with E-state index in [1.54, 1.807) is 0 Å². The Bertz CT molecular complexity index is 1640. The molecule has 0 radical (unpaired) electrons. The number of aromatic nitrogens is 1. The molecule has 1 aliphatic carbocycles. The van der Waals surface area contributed by atoms with Crippen molar-refractivity contribution >= 4 is 21.9 Å². The van der Waals surface area contributed by atoms with Crippen molar-refractivity contribution in [2.75, 3.05) is 0 Å². The second kappa shape index (κ2) is 7.60. The van der Waals surface area contributed by atoms with Gasteiger partial charge in [0.1, 0.15) is 18.2 Å². The van der Waals surface area contributed by atoms with Gasteiger partial charge >= 0.3 is 0 Å². The van der Waals surface area contributed by atoms with Gasteiger partial charge < -0.3 is 4.42 Å². The second-order valence-electron chi connectivity index (χ2n) is 8.96. The van der Waals surface area contributed by atoms with E-state index in [0.717, 1.165) is 45.2 Å². The number of nitrogens with zero attached hydrogens (tertiary/aromatic N) is 2. The van der Waals surface area contributed by atoms with Crippen LogP contribution in [-0.4, -0.2) is 0 Å². The summed E-state index contributed by atoms with van der Waals surface area (Å²) in [5.74, 6) is -0.917. The molecule has 3 heteroatoms. The van der Waals surface area contributed by atoms with Crippen LogP contribution in [0, 0.1) is 18.3 Å². The summed E-state index contributed by atoms with van der Waals surface area (Å²) in [5.41, 5.74) is 8.48. The van der Waals surface area contributed by atoms with Gasteiger partial charge in [0, 0.05) is 29.8 Å². The van der Waals surface area contributed by atoms with Gasteiger partial charge in [-0.05, 0) is 67.0 Å². The van der Waals surface area contributed by atoms with E-state index in [9.17, 15) is 6.63 Å². The van der Waals surface area contributed by atoms with Crippen molar-refractivity contribution in [2.24, 2.45) is 7.05 Å². The first-order valence-corrected chi connectivity index (χ1v) is 11.4. The highest BCUT2D eigenvalue weighted by molar-refractivity contribution is 6.11. The molecule has 1 aliphatic rings. The molecule has 5 aromatic rings. The van der Waals surface area contributed by atoms with Gasteiger partial charge in [-0.1, -0.05) is 36.4 Å². The third kappa shape index (κ3) is 3.06. The number of hydrogen-bond donors (Lipinski definition) is 0. The number of furan rings is 1. The molecule has 0 saturated carbocycles. The monoisotopic (exact) mass is 430 g/mol. The number of fused-ring (bicyclic) bond motifs is 4. The largest absolute Gasteiger partial charge is 0.455 e. The highest BCUT2D eigenvalue weighted by Gasteiger charge is 2.28. The molecule has 3 aromatic carbocycles. The molecule has 6 rings (SSSR count).